The van der Waals surface area contributed by atoms with Crippen molar-refractivity contribution in [1.82, 2.24) is 0 Å². The van der Waals surface area contributed by atoms with E-state index in [0.29, 0.717) is 42.7 Å². The van der Waals surface area contributed by atoms with Crippen LogP contribution in [-0.2, 0) is 9.53 Å². The van der Waals surface area contributed by atoms with Gasteiger partial charge in [-0.2, -0.15) is 0 Å². The highest BCUT2D eigenvalue weighted by molar-refractivity contribution is 5.97. The van der Waals surface area contributed by atoms with Crippen molar-refractivity contribution >= 4 is 17.3 Å². The maximum absolute atomic E-state index is 12.0. The number of hydrogen-bond acceptors (Lipinski definition) is 5. The molecule has 6 nitrogen and oxygen atoms in total. The Morgan fingerprint density at radius 2 is 1.90 bits per heavy atom. The van der Waals surface area contributed by atoms with E-state index in [2.05, 4.69) is 5.32 Å². The van der Waals surface area contributed by atoms with Crippen molar-refractivity contribution in [3.8, 4) is 11.5 Å². The van der Waals surface area contributed by atoms with Crippen LogP contribution < -0.4 is 20.5 Å². The lowest BCUT2D eigenvalue weighted by Gasteiger charge is -2.15. The second-order valence-electron chi connectivity index (χ2n) is 4.93. The molecule has 2 aliphatic heterocycles. The van der Waals surface area contributed by atoms with Gasteiger partial charge in [0.1, 0.15) is 6.10 Å². The topological polar surface area (TPSA) is 82.8 Å². The van der Waals surface area contributed by atoms with Gasteiger partial charge in [-0.3, -0.25) is 4.79 Å². The van der Waals surface area contributed by atoms with Gasteiger partial charge >= 0.3 is 0 Å². The summed E-state index contributed by atoms with van der Waals surface area (Å²) in [5.41, 5.74) is 6.95. The fourth-order valence-corrected chi connectivity index (χ4v) is 2.33. The van der Waals surface area contributed by atoms with Crippen LogP contribution in [0.4, 0.5) is 11.4 Å². The average molecular weight is 278 g/mol. The second-order valence-corrected chi connectivity index (χ2v) is 4.93. The number of anilines is 2. The summed E-state index contributed by atoms with van der Waals surface area (Å²) >= 11 is 0. The number of nitrogens with one attached hydrogen (secondary N) is 1. The minimum atomic E-state index is -0.384. The van der Waals surface area contributed by atoms with Crippen molar-refractivity contribution in [3.63, 3.8) is 0 Å². The summed E-state index contributed by atoms with van der Waals surface area (Å²) in [6.45, 7) is 1.83. The Kier molecular flexibility index (Phi) is 3.64. The molecule has 1 aromatic rings. The fourth-order valence-electron chi connectivity index (χ4n) is 2.33. The van der Waals surface area contributed by atoms with E-state index in [9.17, 15) is 4.79 Å². The van der Waals surface area contributed by atoms with Crippen LogP contribution in [0.2, 0.25) is 0 Å². The number of ether oxygens (including phenoxy) is 3. The molecule has 2 heterocycles. The summed E-state index contributed by atoms with van der Waals surface area (Å²) in [6, 6.07) is 3.40. The van der Waals surface area contributed by atoms with E-state index in [1.54, 1.807) is 12.1 Å². The van der Waals surface area contributed by atoms with Gasteiger partial charge in [-0.05, 0) is 12.8 Å². The predicted molar refractivity (Wildman–Crippen MR) is 74.1 cm³/mol. The van der Waals surface area contributed by atoms with Crippen LogP contribution >= 0.6 is 0 Å². The first-order chi connectivity index (χ1) is 9.74. The summed E-state index contributed by atoms with van der Waals surface area (Å²) in [7, 11) is 0. The monoisotopic (exact) mass is 278 g/mol. The third kappa shape index (κ3) is 2.65. The Morgan fingerprint density at radius 3 is 2.60 bits per heavy atom. The molecule has 1 saturated heterocycles. The molecule has 0 spiro atoms. The van der Waals surface area contributed by atoms with E-state index in [0.717, 1.165) is 19.3 Å². The Labute approximate surface area is 117 Å². The van der Waals surface area contributed by atoms with Crippen LogP contribution in [0.25, 0.3) is 0 Å². The van der Waals surface area contributed by atoms with Crippen molar-refractivity contribution in [3.05, 3.63) is 12.1 Å². The lowest BCUT2D eigenvalue weighted by Crippen LogP contribution is -2.27. The van der Waals surface area contributed by atoms with Crippen molar-refractivity contribution < 1.29 is 19.0 Å². The first kappa shape index (κ1) is 13.1. The van der Waals surface area contributed by atoms with E-state index >= 15 is 0 Å². The van der Waals surface area contributed by atoms with Crippen LogP contribution in [0.3, 0.4) is 0 Å². The molecule has 20 heavy (non-hydrogen) atoms. The molecule has 1 atom stereocenters. The normalized spacial score (nSPS) is 21.3. The molecule has 1 fully saturated rings. The molecule has 1 aromatic carbocycles. The first-order valence-corrected chi connectivity index (χ1v) is 6.85. The summed E-state index contributed by atoms with van der Waals surface area (Å²) in [4.78, 5) is 12.0. The molecule has 6 heteroatoms. The van der Waals surface area contributed by atoms with Gasteiger partial charge in [0, 0.05) is 25.2 Å². The second kappa shape index (κ2) is 5.58. The van der Waals surface area contributed by atoms with Gasteiger partial charge in [0.2, 0.25) is 0 Å². The summed E-state index contributed by atoms with van der Waals surface area (Å²) < 4.78 is 16.5. The smallest absolute Gasteiger partial charge is 0.253 e. The molecular weight excluding hydrogens is 260 g/mol. The number of carbonyl (C=O) groups is 1. The third-order valence-electron chi connectivity index (χ3n) is 3.40. The lowest BCUT2D eigenvalue weighted by atomic mass is 10.2. The molecule has 0 radical (unpaired) electrons. The van der Waals surface area contributed by atoms with Crippen LogP contribution in [0.5, 0.6) is 11.5 Å². The Bertz CT molecular complexity index is 512. The van der Waals surface area contributed by atoms with Crippen LogP contribution in [-0.4, -0.2) is 31.8 Å². The number of nitrogens with two attached hydrogens (primary N) is 1. The Hall–Kier alpha value is -1.95. The molecule has 0 saturated carbocycles. The molecule has 3 N–H and O–H groups in total. The molecule has 0 bridgehead atoms. The zero-order chi connectivity index (χ0) is 13.9. The van der Waals surface area contributed by atoms with Crippen molar-refractivity contribution in [2.75, 3.05) is 30.9 Å². The van der Waals surface area contributed by atoms with Crippen molar-refractivity contribution in [2.45, 2.75) is 25.4 Å². The van der Waals surface area contributed by atoms with E-state index in [4.69, 9.17) is 19.9 Å². The van der Waals surface area contributed by atoms with Gasteiger partial charge in [-0.25, -0.2) is 0 Å². The SMILES string of the molecule is Nc1cc2c(cc1NC(=O)C1CCCO1)OCCCO2. The molecule has 0 aliphatic carbocycles. The minimum Gasteiger partial charge on any atom is -0.489 e. The highest BCUT2D eigenvalue weighted by Gasteiger charge is 2.24. The van der Waals surface area contributed by atoms with Crippen LogP contribution in [0.1, 0.15) is 19.3 Å². The van der Waals surface area contributed by atoms with Gasteiger partial charge in [0.05, 0.1) is 24.6 Å². The highest BCUT2D eigenvalue weighted by atomic mass is 16.5. The van der Waals surface area contributed by atoms with E-state index < -0.39 is 0 Å². The number of fused-ring (bicyclic) bond motifs is 1. The van der Waals surface area contributed by atoms with E-state index in [-0.39, 0.29) is 12.0 Å². The van der Waals surface area contributed by atoms with Gasteiger partial charge in [0.25, 0.3) is 5.91 Å². The van der Waals surface area contributed by atoms with E-state index in [1.165, 1.54) is 0 Å². The first-order valence-electron chi connectivity index (χ1n) is 6.85. The summed E-state index contributed by atoms with van der Waals surface area (Å²) in [5.74, 6) is 1.07. The zero-order valence-corrected chi connectivity index (χ0v) is 11.2. The van der Waals surface area contributed by atoms with E-state index in [1.807, 2.05) is 0 Å². The summed E-state index contributed by atoms with van der Waals surface area (Å²) in [5, 5.41) is 2.80. The molecule has 1 unspecified atom stereocenters. The Morgan fingerprint density at radius 1 is 1.15 bits per heavy atom. The fraction of sp³-hybridized carbons (Fsp3) is 0.500. The highest BCUT2D eigenvalue weighted by Crippen LogP contribution is 2.36. The molecule has 1 amide bonds. The number of rotatable bonds is 2. The number of carbonyl (C=O) groups excluding carboxylic acids is 1. The van der Waals surface area contributed by atoms with Gasteiger partial charge < -0.3 is 25.3 Å². The lowest BCUT2D eigenvalue weighted by molar-refractivity contribution is -0.124. The largest absolute Gasteiger partial charge is 0.489 e. The van der Waals surface area contributed by atoms with Crippen LogP contribution in [0, 0.1) is 0 Å². The maximum Gasteiger partial charge on any atom is 0.253 e. The van der Waals surface area contributed by atoms with Crippen LogP contribution in [0.15, 0.2) is 12.1 Å². The standard InChI is InChI=1S/C14H18N2O4/c15-9-7-12-13(20-6-2-5-19-12)8-10(9)16-14(17)11-3-1-4-18-11/h7-8,11H,1-6,15H2,(H,16,17). The van der Waals surface area contributed by atoms with Gasteiger partial charge in [0.15, 0.2) is 11.5 Å². The zero-order valence-electron chi connectivity index (χ0n) is 11.2. The number of hydrogen-bond donors (Lipinski definition) is 2. The predicted octanol–water partition coefficient (Wildman–Crippen LogP) is 1.55. The molecule has 0 aromatic heterocycles. The molecule has 108 valence electrons. The van der Waals surface area contributed by atoms with Gasteiger partial charge in [-0.1, -0.05) is 0 Å². The van der Waals surface area contributed by atoms with Crippen molar-refractivity contribution in [1.29, 1.82) is 0 Å². The molecule has 3 rings (SSSR count). The summed E-state index contributed by atoms with van der Waals surface area (Å²) in [6.07, 6.45) is 2.10. The quantitative estimate of drug-likeness (QED) is 0.802. The van der Waals surface area contributed by atoms with Gasteiger partial charge in [-0.15, -0.1) is 0 Å². The minimum absolute atomic E-state index is 0.163. The van der Waals surface area contributed by atoms with Crippen molar-refractivity contribution in [2.24, 2.45) is 0 Å². The Balaban J connectivity index is 1.78. The number of nitrogen functional groups attached to an aromatic ring is 1. The number of amides is 1. The number of benzene rings is 1. The maximum atomic E-state index is 12.0. The third-order valence-corrected chi connectivity index (χ3v) is 3.40. The average Bonchev–Trinajstić information content (AvgIpc) is 2.88. The molecule has 2 aliphatic rings. The molecular formula is C14H18N2O4.